The van der Waals surface area contributed by atoms with Gasteiger partial charge in [-0.1, -0.05) is 20.8 Å². The highest BCUT2D eigenvalue weighted by Gasteiger charge is 2.50. The van der Waals surface area contributed by atoms with Crippen molar-refractivity contribution >= 4 is 42.9 Å². The molecule has 2 aromatic heterocycles. The fraction of sp³-hybridized carbons (Fsp3) is 0.577. The van der Waals surface area contributed by atoms with Crippen LogP contribution in [-0.2, 0) is 4.74 Å². The summed E-state index contributed by atoms with van der Waals surface area (Å²) in [5.74, 6) is 0.753. The van der Waals surface area contributed by atoms with Gasteiger partial charge in [0, 0.05) is 24.0 Å². The molecule has 0 saturated carbocycles. The number of ether oxygens (including phenoxy) is 1. The highest BCUT2D eigenvalue weighted by molar-refractivity contribution is 7.07. The van der Waals surface area contributed by atoms with Gasteiger partial charge in [-0.25, -0.2) is 9.78 Å². The fourth-order valence-corrected chi connectivity index (χ4v) is 6.12. The van der Waals surface area contributed by atoms with Crippen molar-refractivity contribution in [2.24, 2.45) is 0 Å². The molecule has 0 aliphatic carbocycles. The summed E-state index contributed by atoms with van der Waals surface area (Å²) in [5.41, 5.74) is 4.50. The summed E-state index contributed by atoms with van der Waals surface area (Å²) < 4.78 is 18.7. The van der Waals surface area contributed by atoms with Crippen molar-refractivity contribution in [3.05, 3.63) is 23.0 Å². The largest absolute Gasteiger partial charge is 0.542 e. The number of piperazine rings is 1. The van der Waals surface area contributed by atoms with Crippen LogP contribution in [0, 0.1) is 0 Å². The van der Waals surface area contributed by atoms with Gasteiger partial charge in [0.15, 0.2) is 11.1 Å². The maximum absolute atomic E-state index is 12.7. The number of anilines is 1. The zero-order chi connectivity index (χ0) is 26.0. The van der Waals surface area contributed by atoms with Gasteiger partial charge in [0.1, 0.15) is 11.4 Å². The smallest absolute Gasteiger partial charge is 0.410 e. The van der Waals surface area contributed by atoms with Crippen molar-refractivity contribution in [2.45, 2.75) is 83.8 Å². The Balaban J connectivity index is 1.46. The second-order valence-electron chi connectivity index (χ2n) is 12.4. The first-order chi connectivity index (χ1) is 16.7. The summed E-state index contributed by atoms with van der Waals surface area (Å²) in [6.07, 6.45) is 0.733. The number of benzene rings is 1. The number of hydrogen-bond acceptors (Lipinski definition) is 8. The Labute approximate surface area is 217 Å². The third-order valence-corrected chi connectivity index (χ3v) is 12.4. The Kier molecular flexibility index (Phi) is 5.90. The van der Waals surface area contributed by atoms with E-state index in [0.717, 1.165) is 28.9 Å². The minimum atomic E-state index is -2.09. The van der Waals surface area contributed by atoms with Crippen molar-refractivity contribution in [3.63, 3.8) is 0 Å². The molecule has 0 radical (unpaired) electrons. The Hall–Kier alpha value is -2.59. The van der Waals surface area contributed by atoms with Crippen molar-refractivity contribution in [1.82, 2.24) is 14.9 Å². The Morgan fingerprint density at radius 3 is 2.42 bits per heavy atom. The van der Waals surface area contributed by atoms with Gasteiger partial charge in [-0.2, -0.15) is 4.98 Å². The SMILES string of the molecule is CC(C)(C)OC(=O)N1C2CC1CN(c1nc3c(O[Si](C)(C)C(C)(C)C)ccc(-c4cscn4)c3o1)C2. The van der Waals surface area contributed by atoms with E-state index in [4.69, 9.17) is 18.6 Å². The molecule has 6 rings (SSSR count). The van der Waals surface area contributed by atoms with Gasteiger partial charge in [0.25, 0.3) is 14.3 Å². The number of nitrogens with zero attached hydrogens (tertiary/aromatic N) is 4. The van der Waals surface area contributed by atoms with E-state index >= 15 is 0 Å². The first-order valence-electron chi connectivity index (χ1n) is 12.5. The maximum Gasteiger partial charge on any atom is 0.410 e. The van der Waals surface area contributed by atoms with Crippen LogP contribution < -0.4 is 9.33 Å². The molecule has 2 atom stereocenters. The number of fused-ring (bicyclic) bond motifs is 3. The molecule has 0 N–H and O–H groups in total. The molecular weight excluding hydrogens is 492 g/mol. The van der Waals surface area contributed by atoms with Gasteiger partial charge in [-0.3, -0.25) is 4.90 Å². The first-order valence-corrected chi connectivity index (χ1v) is 16.4. The molecule has 2 bridgehead atoms. The van der Waals surface area contributed by atoms with Gasteiger partial charge >= 0.3 is 6.09 Å². The van der Waals surface area contributed by atoms with Crippen LogP contribution in [0.2, 0.25) is 18.1 Å². The normalized spacial score (nSPS) is 20.4. The fourth-order valence-electron chi connectivity index (χ4n) is 4.54. The van der Waals surface area contributed by atoms with Gasteiger partial charge in [-0.05, 0) is 57.5 Å². The molecule has 3 saturated heterocycles. The van der Waals surface area contributed by atoms with E-state index in [0.29, 0.717) is 24.7 Å². The molecule has 2 unspecified atom stereocenters. The molecule has 194 valence electrons. The van der Waals surface area contributed by atoms with E-state index < -0.39 is 13.9 Å². The average molecular weight is 529 g/mol. The summed E-state index contributed by atoms with van der Waals surface area (Å²) >= 11 is 1.55. The van der Waals surface area contributed by atoms with E-state index in [1.54, 1.807) is 11.3 Å². The molecule has 36 heavy (non-hydrogen) atoms. The number of rotatable bonds is 4. The molecule has 3 aromatic rings. The van der Waals surface area contributed by atoms with Crippen LogP contribution in [0.25, 0.3) is 22.4 Å². The van der Waals surface area contributed by atoms with Crippen LogP contribution >= 0.6 is 11.3 Å². The minimum absolute atomic E-state index is 0.0543. The third kappa shape index (κ3) is 4.49. The lowest BCUT2D eigenvalue weighted by Crippen LogP contribution is -2.70. The number of aromatic nitrogens is 2. The third-order valence-electron chi connectivity index (χ3n) is 7.44. The molecule has 3 aliphatic rings. The van der Waals surface area contributed by atoms with E-state index in [2.05, 4.69) is 43.7 Å². The number of piperidine rings is 1. The number of carbonyl (C=O) groups excluding carboxylic acids is 1. The van der Waals surface area contributed by atoms with Gasteiger partial charge in [-0.15, -0.1) is 11.3 Å². The van der Waals surface area contributed by atoms with E-state index in [1.807, 2.05) is 48.7 Å². The number of amides is 1. The molecular formula is C26H36N4O4SSi. The highest BCUT2D eigenvalue weighted by Crippen LogP contribution is 2.43. The van der Waals surface area contributed by atoms with Crippen LogP contribution in [0.1, 0.15) is 48.0 Å². The standard InChI is InChI=1S/C26H36N4O4SSi/c1-25(2,3)33-24(31)30-16-11-17(30)13-29(12-16)23-28-21-20(34-36(7,8)26(4,5)6)10-9-18(22(21)32-23)19-14-35-15-27-19/h9-10,14-17H,11-13H2,1-8H3. The monoisotopic (exact) mass is 528 g/mol. The van der Waals surface area contributed by atoms with Crippen LogP contribution in [0.15, 0.2) is 27.4 Å². The summed E-state index contributed by atoms with van der Waals surface area (Å²) in [4.78, 5) is 26.2. The molecule has 1 aromatic carbocycles. The summed E-state index contributed by atoms with van der Waals surface area (Å²) in [7, 11) is -2.09. The lowest BCUT2D eigenvalue weighted by atomic mass is 9.88. The van der Waals surface area contributed by atoms with Crippen LogP contribution in [0.4, 0.5) is 10.8 Å². The zero-order valence-electron chi connectivity index (χ0n) is 22.4. The van der Waals surface area contributed by atoms with Gasteiger partial charge < -0.3 is 18.5 Å². The first kappa shape index (κ1) is 25.1. The molecule has 3 fully saturated rings. The van der Waals surface area contributed by atoms with Crippen molar-refractivity contribution < 1.29 is 18.4 Å². The highest BCUT2D eigenvalue weighted by atomic mass is 32.1. The number of oxazole rings is 1. The van der Waals surface area contributed by atoms with E-state index in [9.17, 15) is 4.79 Å². The summed E-state index contributed by atoms with van der Waals surface area (Å²) in [6, 6.07) is 4.77. The zero-order valence-corrected chi connectivity index (χ0v) is 24.2. The number of hydrogen-bond donors (Lipinski definition) is 0. The van der Waals surface area contributed by atoms with Gasteiger partial charge in [0.05, 0.1) is 23.3 Å². The molecule has 10 heteroatoms. The molecule has 8 nitrogen and oxygen atoms in total. The Morgan fingerprint density at radius 2 is 1.83 bits per heavy atom. The van der Waals surface area contributed by atoms with E-state index in [-0.39, 0.29) is 23.2 Å². The van der Waals surface area contributed by atoms with E-state index in [1.165, 1.54) is 0 Å². The van der Waals surface area contributed by atoms with Gasteiger partial charge in [0.2, 0.25) is 0 Å². The molecule has 1 amide bonds. The van der Waals surface area contributed by atoms with Crippen LogP contribution in [-0.4, -0.2) is 60.1 Å². The lowest BCUT2D eigenvalue weighted by Gasteiger charge is -2.55. The van der Waals surface area contributed by atoms with Crippen LogP contribution in [0.3, 0.4) is 0 Å². The minimum Gasteiger partial charge on any atom is -0.542 e. The molecule has 0 spiro atoms. The van der Waals surface area contributed by atoms with Crippen molar-refractivity contribution in [2.75, 3.05) is 18.0 Å². The predicted molar refractivity (Wildman–Crippen MR) is 145 cm³/mol. The molecule has 3 aliphatic heterocycles. The van der Waals surface area contributed by atoms with Crippen molar-refractivity contribution in [1.29, 1.82) is 0 Å². The van der Waals surface area contributed by atoms with Crippen molar-refractivity contribution in [3.8, 4) is 17.0 Å². The second-order valence-corrected chi connectivity index (χ2v) is 17.8. The summed E-state index contributed by atoms with van der Waals surface area (Å²) in [5, 5.41) is 2.07. The summed E-state index contributed by atoms with van der Waals surface area (Å²) in [6.45, 7) is 18.2. The lowest BCUT2D eigenvalue weighted by molar-refractivity contribution is -0.0386. The Morgan fingerprint density at radius 1 is 1.14 bits per heavy atom. The number of thiazole rings is 1. The Bertz CT molecular complexity index is 1260. The topological polar surface area (TPSA) is 80.9 Å². The second kappa shape index (κ2) is 8.48. The quantitative estimate of drug-likeness (QED) is 0.356. The van der Waals surface area contributed by atoms with Crippen LogP contribution in [0.5, 0.6) is 5.75 Å². The average Bonchev–Trinajstić information content (AvgIpc) is 3.42. The number of carbonyl (C=O) groups is 1. The maximum atomic E-state index is 12.7. The predicted octanol–water partition coefficient (Wildman–Crippen LogP) is 6.53. The molecule has 5 heterocycles.